The molecule has 0 unspecified atom stereocenters. The zero-order chi connectivity index (χ0) is 16.3. The summed E-state index contributed by atoms with van der Waals surface area (Å²) in [5, 5.41) is 0. The Morgan fingerprint density at radius 3 is 2.70 bits per heavy atom. The number of carbonyl (C=O) groups is 1. The van der Waals surface area contributed by atoms with Crippen molar-refractivity contribution in [1.82, 2.24) is 9.55 Å². The van der Waals surface area contributed by atoms with Crippen molar-refractivity contribution in [1.29, 1.82) is 0 Å². The van der Waals surface area contributed by atoms with Crippen molar-refractivity contribution in [3.05, 3.63) is 66.8 Å². The number of imidazole rings is 1. The number of aromatic nitrogens is 2. The minimum absolute atomic E-state index is 0.0181. The van der Waals surface area contributed by atoms with E-state index in [0.29, 0.717) is 5.69 Å². The predicted octanol–water partition coefficient (Wildman–Crippen LogP) is 4.15. The van der Waals surface area contributed by atoms with Crippen molar-refractivity contribution >= 4 is 5.97 Å². The molecule has 0 bridgehead atoms. The SMILES string of the molecule is C=CC1(OC(=O)c2cncn2[C@H](C)c2ccccc2)CCCC1. The van der Waals surface area contributed by atoms with Crippen LogP contribution in [0.25, 0.3) is 0 Å². The molecule has 0 radical (unpaired) electrons. The molecule has 3 rings (SSSR count). The number of ether oxygens (including phenoxy) is 1. The van der Waals surface area contributed by atoms with Crippen molar-refractivity contribution < 1.29 is 9.53 Å². The van der Waals surface area contributed by atoms with E-state index < -0.39 is 5.60 Å². The summed E-state index contributed by atoms with van der Waals surface area (Å²) in [5.41, 5.74) is 1.09. The number of benzene rings is 1. The van der Waals surface area contributed by atoms with Crippen LogP contribution >= 0.6 is 0 Å². The molecule has 1 fully saturated rings. The first-order valence-corrected chi connectivity index (χ1v) is 8.09. The Morgan fingerprint density at radius 2 is 2.04 bits per heavy atom. The lowest BCUT2D eigenvalue weighted by atomic mass is 10.0. The Morgan fingerprint density at radius 1 is 1.35 bits per heavy atom. The first kappa shape index (κ1) is 15.5. The van der Waals surface area contributed by atoms with Gasteiger partial charge in [-0.3, -0.25) is 0 Å². The maximum absolute atomic E-state index is 12.7. The van der Waals surface area contributed by atoms with Crippen LogP contribution in [0.15, 0.2) is 55.5 Å². The molecule has 2 aromatic rings. The van der Waals surface area contributed by atoms with Gasteiger partial charge in [0.05, 0.1) is 18.6 Å². The van der Waals surface area contributed by atoms with E-state index in [4.69, 9.17) is 4.74 Å². The molecule has 4 heteroatoms. The second kappa shape index (κ2) is 6.41. The van der Waals surface area contributed by atoms with Crippen LogP contribution in [0.1, 0.15) is 54.7 Å². The minimum Gasteiger partial charge on any atom is -0.450 e. The van der Waals surface area contributed by atoms with E-state index in [1.165, 1.54) is 0 Å². The molecule has 0 saturated heterocycles. The van der Waals surface area contributed by atoms with Crippen LogP contribution in [-0.2, 0) is 4.74 Å². The summed E-state index contributed by atoms with van der Waals surface area (Å²) in [6.45, 7) is 5.90. The van der Waals surface area contributed by atoms with Crippen LogP contribution in [0.2, 0.25) is 0 Å². The van der Waals surface area contributed by atoms with Gasteiger partial charge in [-0.2, -0.15) is 0 Å². The molecule has 1 aromatic heterocycles. The molecular formula is C19H22N2O2. The van der Waals surface area contributed by atoms with Crippen molar-refractivity contribution in [2.45, 2.75) is 44.2 Å². The highest BCUT2D eigenvalue weighted by Gasteiger charge is 2.35. The topological polar surface area (TPSA) is 44.1 Å². The highest BCUT2D eigenvalue weighted by molar-refractivity contribution is 5.88. The monoisotopic (exact) mass is 310 g/mol. The molecule has 1 aliphatic carbocycles. The van der Waals surface area contributed by atoms with E-state index in [-0.39, 0.29) is 12.0 Å². The van der Waals surface area contributed by atoms with Gasteiger partial charge in [0.25, 0.3) is 0 Å². The molecule has 23 heavy (non-hydrogen) atoms. The van der Waals surface area contributed by atoms with Crippen LogP contribution in [0.4, 0.5) is 0 Å². The fraction of sp³-hybridized carbons (Fsp3) is 0.368. The first-order valence-electron chi connectivity index (χ1n) is 8.09. The number of nitrogens with zero attached hydrogens (tertiary/aromatic N) is 2. The highest BCUT2D eigenvalue weighted by Crippen LogP contribution is 2.35. The lowest BCUT2D eigenvalue weighted by molar-refractivity contribution is 0.00543. The third kappa shape index (κ3) is 3.07. The number of esters is 1. The van der Waals surface area contributed by atoms with Gasteiger partial charge < -0.3 is 9.30 Å². The number of hydrogen-bond acceptors (Lipinski definition) is 3. The lowest BCUT2D eigenvalue weighted by Crippen LogP contribution is -2.30. The summed E-state index contributed by atoms with van der Waals surface area (Å²) in [7, 11) is 0. The Hall–Kier alpha value is -2.36. The predicted molar refractivity (Wildman–Crippen MR) is 89.3 cm³/mol. The van der Waals surface area contributed by atoms with Crippen LogP contribution in [0.5, 0.6) is 0 Å². The first-order chi connectivity index (χ1) is 11.2. The molecule has 1 aliphatic rings. The molecule has 1 aromatic carbocycles. The molecule has 1 atom stereocenters. The average molecular weight is 310 g/mol. The standard InChI is InChI=1S/C19H22N2O2/c1-3-19(11-7-8-12-19)23-18(22)17-13-20-14-21(17)15(2)16-9-5-4-6-10-16/h3-6,9-10,13-15H,1,7-8,11-12H2,2H3/t15-/m1/s1. The number of carbonyl (C=O) groups excluding carboxylic acids is 1. The normalized spacial score (nSPS) is 17.6. The van der Waals surface area contributed by atoms with Gasteiger partial charge in [-0.25, -0.2) is 9.78 Å². The second-order valence-corrected chi connectivity index (χ2v) is 6.14. The van der Waals surface area contributed by atoms with Crippen molar-refractivity contribution in [2.75, 3.05) is 0 Å². The lowest BCUT2D eigenvalue weighted by Gasteiger charge is -2.26. The Bertz CT molecular complexity index is 684. The largest absolute Gasteiger partial charge is 0.450 e. The zero-order valence-electron chi connectivity index (χ0n) is 13.4. The Labute approximate surface area is 136 Å². The molecule has 0 aliphatic heterocycles. The van der Waals surface area contributed by atoms with E-state index in [9.17, 15) is 4.79 Å². The summed E-state index contributed by atoms with van der Waals surface area (Å²) < 4.78 is 7.67. The molecule has 0 amide bonds. The van der Waals surface area contributed by atoms with Gasteiger partial charge in [0.15, 0.2) is 0 Å². The van der Waals surface area contributed by atoms with Gasteiger partial charge in [0.2, 0.25) is 0 Å². The zero-order valence-corrected chi connectivity index (χ0v) is 13.4. The van der Waals surface area contributed by atoms with Crippen LogP contribution in [-0.4, -0.2) is 21.1 Å². The molecule has 4 nitrogen and oxygen atoms in total. The van der Waals surface area contributed by atoms with Crippen LogP contribution in [0.3, 0.4) is 0 Å². The summed E-state index contributed by atoms with van der Waals surface area (Å²) in [6, 6.07) is 10.1. The molecule has 0 spiro atoms. The van der Waals surface area contributed by atoms with Gasteiger partial charge in [-0.05, 0) is 44.2 Å². The summed E-state index contributed by atoms with van der Waals surface area (Å²) in [5.74, 6) is -0.327. The smallest absolute Gasteiger partial charge is 0.357 e. The average Bonchev–Trinajstić information content (AvgIpc) is 3.24. The van der Waals surface area contributed by atoms with Gasteiger partial charge in [0, 0.05) is 0 Å². The molecule has 120 valence electrons. The maximum atomic E-state index is 12.7. The van der Waals surface area contributed by atoms with E-state index in [2.05, 4.69) is 11.6 Å². The van der Waals surface area contributed by atoms with Crippen molar-refractivity contribution in [3.63, 3.8) is 0 Å². The Kier molecular flexibility index (Phi) is 4.33. The minimum atomic E-state index is -0.512. The summed E-state index contributed by atoms with van der Waals surface area (Å²) in [6.07, 6.45) is 8.88. The molecular weight excluding hydrogens is 288 g/mol. The van der Waals surface area contributed by atoms with Gasteiger partial charge in [0.1, 0.15) is 11.3 Å². The van der Waals surface area contributed by atoms with Crippen molar-refractivity contribution in [2.24, 2.45) is 0 Å². The van der Waals surface area contributed by atoms with E-state index in [1.807, 2.05) is 41.8 Å². The van der Waals surface area contributed by atoms with Crippen LogP contribution in [0, 0.1) is 0 Å². The molecule has 1 heterocycles. The number of rotatable bonds is 5. The quantitative estimate of drug-likeness (QED) is 0.615. The van der Waals surface area contributed by atoms with Gasteiger partial charge in [-0.1, -0.05) is 36.9 Å². The summed E-state index contributed by atoms with van der Waals surface area (Å²) in [4.78, 5) is 16.8. The number of hydrogen-bond donors (Lipinski definition) is 0. The summed E-state index contributed by atoms with van der Waals surface area (Å²) >= 11 is 0. The van der Waals surface area contributed by atoms with Gasteiger partial charge in [-0.15, -0.1) is 0 Å². The molecule has 0 N–H and O–H groups in total. The third-order valence-corrected chi connectivity index (χ3v) is 4.69. The van der Waals surface area contributed by atoms with Crippen molar-refractivity contribution in [3.8, 4) is 0 Å². The molecule has 1 saturated carbocycles. The van der Waals surface area contributed by atoms with Gasteiger partial charge >= 0.3 is 5.97 Å². The second-order valence-electron chi connectivity index (χ2n) is 6.14. The van der Waals surface area contributed by atoms with E-state index in [1.54, 1.807) is 18.6 Å². The fourth-order valence-electron chi connectivity index (χ4n) is 3.22. The Balaban J connectivity index is 1.83. The van der Waals surface area contributed by atoms with Crippen LogP contribution < -0.4 is 0 Å². The maximum Gasteiger partial charge on any atom is 0.357 e. The van der Waals surface area contributed by atoms with E-state index >= 15 is 0 Å². The third-order valence-electron chi connectivity index (χ3n) is 4.69. The highest BCUT2D eigenvalue weighted by atomic mass is 16.6. The van der Waals surface area contributed by atoms with E-state index in [0.717, 1.165) is 31.2 Å². The fourth-order valence-corrected chi connectivity index (χ4v) is 3.22.